The molecule has 5 heteroatoms. The molecule has 0 saturated carbocycles. The van der Waals surface area contributed by atoms with Crippen LogP contribution in [0.25, 0.3) is 22.3 Å². The summed E-state index contributed by atoms with van der Waals surface area (Å²) in [6.45, 7) is 17.4. The molecule has 0 spiro atoms. The number of hydrogen-bond acceptors (Lipinski definition) is 2. The van der Waals surface area contributed by atoms with E-state index in [4.69, 9.17) is 0 Å². The van der Waals surface area contributed by atoms with Crippen molar-refractivity contribution in [2.45, 2.75) is 46.2 Å². The second-order valence-electron chi connectivity index (χ2n) is 17.9. The number of nitrogens with zero attached hydrogens (tertiary/aromatic N) is 2. The van der Waals surface area contributed by atoms with E-state index in [1.807, 2.05) is 0 Å². The second-order valence-corrected chi connectivity index (χ2v) is 29.6. The van der Waals surface area contributed by atoms with Crippen LogP contribution in [0.3, 0.4) is 0 Å². The van der Waals surface area contributed by atoms with Crippen molar-refractivity contribution in [3.8, 4) is 22.3 Å². The third-order valence-electron chi connectivity index (χ3n) is 11.7. The van der Waals surface area contributed by atoms with Crippen LogP contribution in [0.1, 0.15) is 5.56 Å². The van der Waals surface area contributed by atoms with Gasteiger partial charge in [0.1, 0.15) is 0 Å². The molecule has 0 aromatic heterocycles. The Bertz CT molecular complexity index is 2380. The fourth-order valence-corrected chi connectivity index (χ4v) is 11.5. The molecule has 9 rings (SSSR count). The molecule has 2 heterocycles. The van der Waals surface area contributed by atoms with Crippen LogP contribution < -0.4 is 36.6 Å². The van der Waals surface area contributed by atoms with E-state index in [9.17, 15) is 0 Å². The molecule has 0 N–H and O–H groups in total. The quantitative estimate of drug-likeness (QED) is 0.157. The Morgan fingerprint density at radius 2 is 0.778 bits per heavy atom. The first-order valence-corrected chi connectivity index (χ1v) is 27.9. The van der Waals surface area contributed by atoms with Crippen LogP contribution in [-0.4, -0.2) is 22.9 Å². The van der Waals surface area contributed by atoms with Gasteiger partial charge in [-0.1, -0.05) is 0 Å². The summed E-state index contributed by atoms with van der Waals surface area (Å²) in [7, 11) is -3.98. The molecule has 0 atom stereocenters. The zero-order valence-corrected chi connectivity index (χ0v) is 34.9. The van der Waals surface area contributed by atoms with Gasteiger partial charge in [0.25, 0.3) is 0 Å². The predicted octanol–water partition coefficient (Wildman–Crippen LogP) is 9.97. The average Bonchev–Trinajstić information content (AvgIpc) is 3.17. The molecule has 0 saturated heterocycles. The van der Waals surface area contributed by atoms with Gasteiger partial charge in [-0.05, 0) is 0 Å². The van der Waals surface area contributed by atoms with Crippen molar-refractivity contribution in [3.05, 3.63) is 163 Å². The molecule has 268 valence electrons. The Kier molecular flexibility index (Phi) is 8.22. The number of rotatable bonds is 6. The molecule has 2 nitrogen and oxygen atoms in total. The topological polar surface area (TPSA) is 6.48 Å². The van der Waals surface area contributed by atoms with Gasteiger partial charge in [-0.3, -0.25) is 0 Å². The molecule has 0 radical (unpaired) electrons. The summed E-state index contributed by atoms with van der Waals surface area (Å²) in [5.74, 6) is 0. The number of hydrogen-bond donors (Lipinski definition) is 0. The molecule has 0 aliphatic carbocycles. The minimum absolute atomic E-state index is 0.100. The number of aryl methyl sites for hydroxylation is 1. The molecule has 0 unspecified atom stereocenters. The van der Waals surface area contributed by atoms with Crippen LogP contribution >= 0.6 is 0 Å². The number of fused-ring (bicyclic) bond motifs is 4. The van der Waals surface area contributed by atoms with E-state index < -0.39 is 16.1 Å². The van der Waals surface area contributed by atoms with Crippen molar-refractivity contribution in [2.75, 3.05) is 9.80 Å². The summed E-state index contributed by atoms with van der Waals surface area (Å²) >= 11 is 0. The van der Waals surface area contributed by atoms with Gasteiger partial charge in [0.2, 0.25) is 0 Å². The molecule has 2 aliphatic heterocycles. The van der Waals surface area contributed by atoms with Crippen LogP contribution in [0, 0.1) is 6.92 Å². The van der Waals surface area contributed by atoms with Gasteiger partial charge < -0.3 is 0 Å². The molecule has 2 aliphatic rings. The van der Waals surface area contributed by atoms with Crippen LogP contribution in [0.4, 0.5) is 34.1 Å². The van der Waals surface area contributed by atoms with Gasteiger partial charge in [-0.15, -0.1) is 0 Å². The molecule has 7 aromatic carbocycles. The number of para-hydroxylation sites is 2. The summed E-state index contributed by atoms with van der Waals surface area (Å²) < 4.78 is 0. The maximum absolute atomic E-state index is 2.61. The van der Waals surface area contributed by atoms with Gasteiger partial charge in [-0.25, -0.2) is 0 Å². The predicted molar refractivity (Wildman–Crippen MR) is 245 cm³/mol. The molecule has 0 fully saturated rings. The van der Waals surface area contributed by atoms with E-state index >= 15 is 0 Å². The third-order valence-corrected chi connectivity index (χ3v) is 16.4. The van der Waals surface area contributed by atoms with Crippen molar-refractivity contribution >= 4 is 83.7 Å². The summed E-state index contributed by atoms with van der Waals surface area (Å²) in [5, 5.41) is 3.05. The number of anilines is 6. The van der Waals surface area contributed by atoms with Gasteiger partial charge in [0.15, 0.2) is 0 Å². The van der Waals surface area contributed by atoms with Gasteiger partial charge in [-0.2, -0.15) is 0 Å². The van der Waals surface area contributed by atoms with Gasteiger partial charge >= 0.3 is 325 Å². The maximum atomic E-state index is 2.61. The van der Waals surface area contributed by atoms with E-state index in [1.54, 1.807) is 0 Å². The van der Waals surface area contributed by atoms with Gasteiger partial charge in [0.05, 0.1) is 0 Å². The van der Waals surface area contributed by atoms with Crippen molar-refractivity contribution < 1.29 is 0 Å². The third kappa shape index (κ3) is 5.69. The zero-order valence-electron chi connectivity index (χ0n) is 32.6. The Balaban J connectivity index is 1.41. The zero-order chi connectivity index (χ0) is 37.4. The van der Waals surface area contributed by atoms with Crippen molar-refractivity contribution in [2.24, 2.45) is 0 Å². The second kappa shape index (κ2) is 12.9. The Morgan fingerprint density at radius 3 is 1.19 bits per heavy atom. The summed E-state index contributed by atoms with van der Waals surface area (Å²) in [5.41, 5.74) is 17.9. The average molecular weight is 733 g/mol. The van der Waals surface area contributed by atoms with Crippen molar-refractivity contribution in [1.82, 2.24) is 0 Å². The van der Waals surface area contributed by atoms with E-state index in [0.29, 0.717) is 0 Å². The summed E-state index contributed by atoms with van der Waals surface area (Å²) in [6.07, 6.45) is 0. The van der Waals surface area contributed by atoms with Gasteiger partial charge in [0, 0.05) is 0 Å². The fraction of sp³-hybridized carbons (Fsp3) is 0.143. The molecule has 7 aromatic rings. The van der Waals surface area contributed by atoms with Crippen LogP contribution in [0.5, 0.6) is 0 Å². The van der Waals surface area contributed by atoms with Crippen LogP contribution in [-0.2, 0) is 0 Å². The Morgan fingerprint density at radius 1 is 0.389 bits per heavy atom. The van der Waals surface area contributed by atoms with Crippen LogP contribution in [0.15, 0.2) is 158 Å². The first-order valence-electron chi connectivity index (χ1n) is 19.9. The summed E-state index contributed by atoms with van der Waals surface area (Å²) in [6, 6.07) is 59.6. The van der Waals surface area contributed by atoms with E-state index in [1.165, 1.54) is 88.7 Å². The molecule has 54 heavy (non-hydrogen) atoms. The van der Waals surface area contributed by atoms with Crippen molar-refractivity contribution in [3.63, 3.8) is 0 Å². The van der Waals surface area contributed by atoms with E-state index in [2.05, 4.69) is 214 Å². The van der Waals surface area contributed by atoms with E-state index in [-0.39, 0.29) is 6.71 Å². The first-order chi connectivity index (χ1) is 26.0. The summed E-state index contributed by atoms with van der Waals surface area (Å²) in [4.78, 5) is 5.18. The Labute approximate surface area is 323 Å². The SMILES string of the molecule is Cc1cc2c3c(c1)N(c1ccccc1-c1ccccc1)c1ccc([SiH-](C)(C)C)cc1B3c1cc([SiH-](C)(C)C)ccc1N2c1ccccc1-c1ccccc1. The fourth-order valence-electron chi connectivity index (χ4n) is 8.84. The van der Waals surface area contributed by atoms with E-state index in [0.717, 1.165) is 0 Å². The normalized spacial score (nSPS) is 13.9. The molecular weight excluding hydrogens is 684 g/mol. The molecular formula is C49H49BN2Si2-2. The monoisotopic (exact) mass is 732 g/mol. The minimum atomic E-state index is -1.99. The van der Waals surface area contributed by atoms with Crippen LogP contribution in [0.2, 0.25) is 39.3 Å². The Hall–Kier alpha value is -5.36. The molecule has 0 amide bonds. The first kappa shape index (κ1) is 34.4. The number of benzene rings is 7. The molecule has 0 bridgehead atoms. The standard InChI is InChI=1S/C49H49BN2Si2/c1-34-30-47-49-48(31-34)52(44-25-17-15-23-40(44)36-20-12-9-13-21-36)46-29-27-38(54(5,6)7)33-42(46)50(49)41-32-37(53(2,3)4)26-28-45(41)51(47)43-24-16-14-22-39(43)35-18-10-8-11-19-35/h8-33,53-54H,1-7H3/q-2. The van der Waals surface area contributed by atoms with Crippen molar-refractivity contribution in [1.29, 1.82) is 0 Å².